The minimum Gasteiger partial charge on any atom is -0.378 e. The molecule has 1 aliphatic heterocycles. The van der Waals surface area contributed by atoms with E-state index < -0.39 is 20.0 Å². The van der Waals surface area contributed by atoms with Crippen LogP contribution in [0.15, 0.2) is 23.1 Å². The van der Waals surface area contributed by atoms with E-state index in [0.29, 0.717) is 18.2 Å². The van der Waals surface area contributed by atoms with Crippen molar-refractivity contribution in [2.45, 2.75) is 24.8 Å². The summed E-state index contributed by atoms with van der Waals surface area (Å²) < 4.78 is 58.0. The van der Waals surface area contributed by atoms with Gasteiger partial charge in [0.2, 0.25) is 20.0 Å². The Morgan fingerprint density at radius 1 is 1.33 bits per heavy atom. The standard InChI is InChI=1S/C14H21ClN2O5S2/c1-11-3-4-13(9-14(11)15)24(20,21)16-5-8-23(18,19)17-6-7-22-10-12(17)2/h3-4,9,12,16H,5-8,10H2,1-2H3. The van der Waals surface area contributed by atoms with Crippen LogP contribution in [0.3, 0.4) is 0 Å². The monoisotopic (exact) mass is 396 g/mol. The highest BCUT2D eigenvalue weighted by Gasteiger charge is 2.30. The van der Waals surface area contributed by atoms with Crippen molar-refractivity contribution in [1.29, 1.82) is 0 Å². The molecule has 1 saturated heterocycles. The summed E-state index contributed by atoms with van der Waals surface area (Å²) in [6, 6.07) is 4.12. The molecule has 0 saturated carbocycles. The lowest BCUT2D eigenvalue weighted by molar-refractivity contribution is 0.0393. The summed E-state index contributed by atoms with van der Waals surface area (Å²) in [5, 5.41) is 0.340. The number of sulfonamides is 2. The normalized spacial score (nSPS) is 20.2. The zero-order chi connectivity index (χ0) is 18.0. The topological polar surface area (TPSA) is 92.8 Å². The van der Waals surface area contributed by atoms with Gasteiger partial charge in [-0.1, -0.05) is 17.7 Å². The van der Waals surface area contributed by atoms with E-state index in [9.17, 15) is 16.8 Å². The van der Waals surface area contributed by atoms with Gasteiger partial charge in [-0.3, -0.25) is 0 Å². The second kappa shape index (κ2) is 7.67. The lowest BCUT2D eigenvalue weighted by Gasteiger charge is -2.32. The Hall–Kier alpha value is -0.710. The smallest absolute Gasteiger partial charge is 0.240 e. The van der Waals surface area contributed by atoms with E-state index in [1.54, 1.807) is 19.9 Å². The molecule has 0 spiro atoms. The van der Waals surface area contributed by atoms with Gasteiger partial charge in [0, 0.05) is 24.2 Å². The molecule has 0 radical (unpaired) electrons. The van der Waals surface area contributed by atoms with Gasteiger partial charge in [-0.05, 0) is 31.5 Å². The molecule has 1 unspecified atom stereocenters. The Morgan fingerprint density at radius 3 is 2.67 bits per heavy atom. The van der Waals surface area contributed by atoms with E-state index in [1.807, 2.05) is 0 Å². The Balaban J connectivity index is 2.00. The van der Waals surface area contributed by atoms with Gasteiger partial charge in [-0.25, -0.2) is 21.6 Å². The second-order valence-corrected chi connectivity index (χ2v) is 9.87. The summed E-state index contributed by atoms with van der Waals surface area (Å²) in [5.41, 5.74) is 0.763. The number of hydrogen-bond acceptors (Lipinski definition) is 5. The molecule has 2 rings (SSSR count). The summed E-state index contributed by atoms with van der Waals surface area (Å²) >= 11 is 5.94. The number of morpholine rings is 1. The number of ether oxygens (including phenoxy) is 1. The average Bonchev–Trinajstić information content (AvgIpc) is 2.49. The molecule has 1 aromatic carbocycles. The van der Waals surface area contributed by atoms with Crippen LogP contribution in [0.1, 0.15) is 12.5 Å². The highest BCUT2D eigenvalue weighted by Crippen LogP contribution is 2.20. The maximum atomic E-state index is 12.3. The fraction of sp³-hybridized carbons (Fsp3) is 0.571. The number of rotatable bonds is 6. The van der Waals surface area contributed by atoms with Gasteiger partial charge in [0.05, 0.1) is 23.9 Å². The Labute approximate surface area is 148 Å². The maximum Gasteiger partial charge on any atom is 0.240 e. The molecular formula is C14H21ClN2O5S2. The first-order valence-electron chi connectivity index (χ1n) is 7.46. The van der Waals surface area contributed by atoms with Crippen LogP contribution in [-0.2, 0) is 24.8 Å². The van der Waals surface area contributed by atoms with Gasteiger partial charge >= 0.3 is 0 Å². The molecule has 1 aromatic rings. The highest BCUT2D eigenvalue weighted by molar-refractivity contribution is 7.90. The number of hydrogen-bond donors (Lipinski definition) is 1. The molecular weight excluding hydrogens is 376 g/mol. The first-order valence-corrected chi connectivity index (χ1v) is 10.9. The first kappa shape index (κ1) is 19.6. The summed E-state index contributed by atoms with van der Waals surface area (Å²) in [6.45, 7) is 4.28. The Morgan fingerprint density at radius 2 is 2.04 bits per heavy atom. The van der Waals surface area contributed by atoms with Crippen molar-refractivity contribution in [3.05, 3.63) is 28.8 Å². The number of nitrogens with zero attached hydrogens (tertiary/aromatic N) is 1. The minimum atomic E-state index is -3.81. The molecule has 7 nitrogen and oxygen atoms in total. The van der Waals surface area contributed by atoms with Crippen molar-refractivity contribution in [1.82, 2.24) is 9.03 Å². The maximum absolute atomic E-state index is 12.3. The number of aryl methyl sites for hydroxylation is 1. The molecule has 1 aliphatic rings. The molecule has 0 aromatic heterocycles. The van der Waals surface area contributed by atoms with Gasteiger partial charge in [-0.15, -0.1) is 0 Å². The van der Waals surface area contributed by atoms with Crippen LogP contribution in [0.5, 0.6) is 0 Å². The van der Waals surface area contributed by atoms with E-state index >= 15 is 0 Å². The SMILES string of the molecule is Cc1ccc(S(=O)(=O)NCCS(=O)(=O)N2CCOCC2C)cc1Cl. The van der Waals surface area contributed by atoms with E-state index in [0.717, 1.165) is 5.56 Å². The summed E-state index contributed by atoms with van der Waals surface area (Å²) in [5.74, 6) is -0.309. The first-order chi connectivity index (χ1) is 11.1. The third-order valence-electron chi connectivity index (χ3n) is 3.77. The fourth-order valence-corrected chi connectivity index (χ4v) is 5.36. The van der Waals surface area contributed by atoms with E-state index in [4.69, 9.17) is 16.3 Å². The van der Waals surface area contributed by atoms with Gasteiger partial charge < -0.3 is 4.74 Å². The molecule has 10 heteroatoms. The molecule has 0 aliphatic carbocycles. The molecule has 0 bridgehead atoms. The van der Waals surface area contributed by atoms with Gasteiger partial charge in [-0.2, -0.15) is 4.31 Å². The molecule has 1 fully saturated rings. The molecule has 24 heavy (non-hydrogen) atoms. The van der Waals surface area contributed by atoms with Gasteiger partial charge in [0.25, 0.3) is 0 Å². The molecule has 1 N–H and O–H groups in total. The van der Waals surface area contributed by atoms with Crippen LogP contribution in [0.2, 0.25) is 5.02 Å². The Kier molecular flexibility index (Phi) is 6.27. The van der Waals surface area contributed by atoms with Crippen LogP contribution in [0.25, 0.3) is 0 Å². The van der Waals surface area contributed by atoms with Crippen LogP contribution >= 0.6 is 11.6 Å². The molecule has 136 valence electrons. The quantitative estimate of drug-likeness (QED) is 0.773. The summed E-state index contributed by atoms with van der Waals surface area (Å²) in [7, 11) is -7.36. The predicted octanol–water partition coefficient (Wildman–Crippen LogP) is 0.977. The second-order valence-electron chi connectivity index (χ2n) is 5.66. The van der Waals surface area contributed by atoms with Crippen LogP contribution in [-0.4, -0.2) is 59.2 Å². The van der Waals surface area contributed by atoms with Crippen LogP contribution < -0.4 is 4.72 Å². The number of nitrogens with one attached hydrogen (secondary N) is 1. The fourth-order valence-electron chi connectivity index (χ4n) is 2.37. The van der Waals surface area contributed by atoms with Crippen molar-refractivity contribution >= 4 is 31.6 Å². The Bertz CT molecular complexity index is 795. The van der Waals surface area contributed by atoms with Crippen LogP contribution in [0, 0.1) is 6.92 Å². The molecule has 1 atom stereocenters. The lowest BCUT2D eigenvalue weighted by Crippen LogP contribution is -2.49. The van der Waals surface area contributed by atoms with Crippen LogP contribution in [0.4, 0.5) is 0 Å². The van der Waals surface area contributed by atoms with Crippen molar-refractivity contribution in [3.63, 3.8) is 0 Å². The van der Waals surface area contributed by atoms with E-state index in [2.05, 4.69) is 4.72 Å². The summed E-state index contributed by atoms with van der Waals surface area (Å²) in [6.07, 6.45) is 0. The molecule has 0 amide bonds. The van der Waals surface area contributed by atoms with Gasteiger partial charge in [0.1, 0.15) is 0 Å². The minimum absolute atomic E-state index is 0.00948. The summed E-state index contributed by atoms with van der Waals surface area (Å²) in [4.78, 5) is 0.00948. The van der Waals surface area contributed by atoms with Crippen molar-refractivity contribution < 1.29 is 21.6 Å². The molecule has 1 heterocycles. The van der Waals surface area contributed by atoms with Crippen molar-refractivity contribution in [2.75, 3.05) is 32.1 Å². The zero-order valence-electron chi connectivity index (χ0n) is 13.5. The van der Waals surface area contributed by atoms with Crippen molar-refractivity contribution in [3.8, 4) is 0 Å². The van der Waals surface area contributed by atoms with Gasteiger partial charge in [0.15, 0.2) is 0 Å². The number of halogens is 1. The third kappa shape index (κ3) is 4.68. The predicted molar refractivity (Wildman–Crippen MR) is 92.2 cm³/mol. The third-order valence-corrected chi connectivity index (χ3v) is 7.61. The average molecular weight is 397 g/mol. The zero-order valence-corrected chi connectivity index (χ0v) is 15.9. The highest BCUT2D eigenvalue weighted by atomic mass is 35.5. The van der Waals surface area contributed by atoms with E-state index in [-0.39, 0.29) is 29.8 Å². The van der Waals surface area contributed by atoms with E-state index in [1.165, 1.54) is 16.4 Å². The van der Waals surface area contributed by atoms with Crippen molar-refractivity contribution in [2.24, 2.45) is 0 Å². The largest absolute Gasteiger partial charge is 0.378 e. The lowest BCUT2D eigenvalue weighted by atomic mass is 10.2. The number of benzene rings is 1.